The number of rotatable bonds is 4. The van der Waals surface area contributed by atoms with Gasteiger partial charge in [-0.3, -0.25) is 29.2 Å². The predicted molar refractivity (Wildman–Crippen MR) is 126 cm³/mol. The van der Waals surface area contributed by atoms with E-state index >= 15 is 0 Å². The van der Waals surface area contributed by atoms with Gasteiger partial charge in [-0.1, -0.05) is 11.6 Å². The van der Waals surface area contributed by atoms with Crippen molar-refractivity contribution in [2.24, 2.45) is 7.05 Å². The molecule has 1 aromatic heterocycles. The second-order valence-corrected chi connectivity index (χ2v) is 8.75. The molecule has 2 unspecified atom stereocenters. The second-order valence-electron chi connectivity index (χ2n) is 8.32. The zero-order valence-corrected chi connectivity index (χ0v) is 19.3. The lowest BCUT2D eigenvalue weighted by Gasteiger charge is -2.42. The van der Waals surface area contributed by atoms with E-state index in [9.17, 15) is 19.7 Å². The van der Waals surface area contributed by atoms with Crippen molar-refractivity contribution < 1.29 is 9.72 Å². The highest BCUT2D eigenvalue weighted by Crippen LogP contribution is 2.25. The van der Waals surface area contributed by atoms with Crippen LogP contribution in [-0.4, -0.2) is 55.9 Å². The van der Waals surface area contributed by atoms with Crippen LogP contribution in [0.15, 0.2) is 47.3 Å². The summed E-state index contributed by atoms with van der Waals surface area (Å²) in [6.07, 6.45) is 0. The highest BCUT2D eigenvalue weighted by molar-refractivity contribution is 6.31. The number of carbonyl (C=O) groups excluding carboxylic acids is 1. The number of carbonyl (C=O) groups is 1. The van der Waals surface area contributed by atoms with Crippen LogP contribution in [0.2, 0.25) is 5.02 Å². The van der Waals surface area contributed by atoms with Crippen molar-refractivity contribution in [1.29, 1.82) is 0 Å². The first-order valence-electron chi connectivity index (χ1n) is 10.6. The lowest BCUT2D eigenvalue weighted by Crippen LogP contribution is -2.54. The fourth-order valence-electron chi connectivity index (χ4n) is 4.33. The standard InChI is InChI=1S/C23H24ClN5O4/c1-14-13-27(10-11-28(14)22(30)16-4-7-18(8-5-16)29(32)33)15(2)21-25-20-9-6-17(24)12-19(20)23(31)26(21)3/h4-9,12,14-15H,10-11,13H2,1-3H3. The summed E-state index contributed by atoms with van der Waals surface area (Å²) in [6.45, 7) is 5.69. The number of amides is 1. The molecule has 2 heterocycles. The first kappa shape index (κ1) is 22.9. The molecular formula is C23H24ClN5O4. The van der Waals surface area contributed by atoms with Gasteiger partial charge in [0.15, 0.2) is 0 Å². The van der Waals surface area contributed by atoms with Crippen LogP contribution in [0.25, 0.3) is 10.9 Å². The Labute approximate surface area is 195 Å². The molecule has 4 rings (SSSR count). The summed E-state index contributed by atoms with van der Waals surface area (Å²) in [5, 5.41) is 11.8. The van der Waals surface area contributed by atoms with Crippen LogP contribution < -0.4 is 5.56 Å². The molecule has 9 nitrogen and oxygen atoms in total. The molecule has 2 aromatic carbocycles. The largest absolute Gasteiger partial charge is 0.333 e. The molecule has 0 saturated carbocycles. The molecule has 1 saturated heterocycles. The van der Waals surface area contributed by atoms with Gasteiger partial charge in [0.05, 0.1) is 21.9 Å². The molecule has 1 fully saturated rings. The number of nitro groups is 1. The van der Waals surface area contributed by atoms with Crippen LogP contribution in [0.5, 0.6) is 0 Å². The van der Waals surface area contributed by atoms with Gasteiger partial charge in [0.25, 0.3) is 17.2 Å². The Morgan fingerprint density at radius 1 is 1.21 bits per heavy atom. The average molecular weight is 470 g/mol. The zero-order valence-electron chi connectivity index (χ0n) is 18.6. The molecule has 0 radical (unpaired) electrons. The van der Waals surface area contributed by atoms with E-state index in [1.807, 2.05) is 13.8 Å². The van der Waals surface area contributed by atoms with E-state index in [1.54, 1.807) is 34.7 Å². The molecule has 0 spiro atoms. The number of non-ortho nitro benzene ring substituents is 1. The third-order valence-electron chi connectivity index (χ3n) is 6.24. The number of hydrogen-bond donors (Lipinski definition) is 0. The Morgan fingerprint density at radius 3 is 2.55 bits per heavy atom. The third-order valence-corrected chi connectivity index (χ3v) is 6.47. The average Bonchev–Trinajstić information content (AvgIpc) is 2.81. The number of fused-ring (bicyclic) bond motifs is 1. The van der Waals surface area contributed by atoms with Crippen LogP contribution in [0.1, 0.15) is 36.1 Å². The molecule has 172 valence electrons. The molecule has 10 heteroatoms. The summed E-state index contributed by atoms with van der Waals surface area (Å²) in [5.41, 5.74) is 0.828. The van der Waals surface area contributed by atoms with Gasteiger partial charge in [0, 0.05) is 55.4 Å². The predicted octanol–water partition coefficient (Wildman–Crippen LogP) is 3.40. The SMILES string of the molecule is CC(c1nc2ccc(Cl)cc2c(=O)n1C)N1CCN(C(=O)c2ccc([N+](=O)[O-])cc2)C(C)C1. The molecule has 1 amide bonds. The molecule has 0 N–H and O–H groups in total. The Morgan fingerprint density at radius 2 is 1.91 bits per heavy atom. The first-order chi connectivity index (χ1) is 15.7. The van der Waals surface area contributed by atoms with Crippen molar-refractivity contribution in [2.75, 3.05) is 19.6 Å². The summed E-state index contributed by atoms with van der Waals surface area (Å²) in [4.78, 5) is 44.9. The normalized spacial score (nSPS) is 17.8. The van der Waals surface area contributed by atoms with Crippen LogP contribution in [-0.2, 0) is 7.05 Å². The molecule has 1 aliphatic heterocycles. The maximum Gasteiger partial charge on any atom is 0.269 e. The number of nitrogens with zero attached hydrogens (tertiary/aromatic N) is 5. The Balaban J connectivity index is 1.52. The minimum absolute atomic E-state index is 0.0472. The van der Waals surface area contributed by atoms with Crippen LogP contribution >= 0.6 is 11.6 Å². The smallest absolute Gasteiger partial charge is 0.269 e. The monoisotopic (exact) mass is 469 g/mol. The van der Waals surface area contributed by atoms with E-state index in [2.05, 4.69) is 4.90 Å². The van der Waals surface area contributed by atoms with Gasteiger partial charge in [-0.05, 0) is 44.2 Å². The van der Waals surface area contributed by atoms with Gasteiger partial charge in [0.1, 0.15) is 5.82 Å². The Kier molecular flexibility index (Phi) is 6.18. The van der Waals surface area contributed by atoms with E-state index in [0.29, 0.717) is 46.9 Å². The number of piperazine rings is 1. The fourth-order valence-corrected chi connectivity index (χ4v) is 4.50. The second kappa shape index (κ2) is 8.92. The van der Waals surface area contributed by atoms with E-state index in [-0.39, 0.29) is 29.2 Å². The first-order valence-corrected chi connectivity index (χ1v) is 11.0. The van der Waals surface area contributed by atoms with Crippen molar-refractivity contribution >= 4 is 34.1 Å². The van der Waals surface area contributed by atoms with Crippen molar-refractivity contribution in [3.8, 4) is 0 Å². The van der Waals surface area contributed by atoms with Crippen LogP contribution in [0.3, 0.4) is 0 Å². The van der Waals surface area contributed by atoms with Crippen LogP contribution in [0.4, 0.5) is 5.69 Å². The molecule has 0 aliphatic carbocycles. The lowest BCUT2D eigenvalue weighted by atomic mass is 10.1. The third kappa shape index (κ3) is 4.34. The van der Waals surface area contributed by atoms with Crippen molar-refractivity contribution in [1.82, 2.24) is 19.4 Å². The summed E-state index contributed by atoms with van der Waals surface area (Å²) < 4.78 is 1.56. The maximum absolute atomic E-state index is 13.0. The molecule has 0 bridgehead atoms. The molecular weight excluding hydrogens is 446 g/mol. The van der Waals surface area contributed by atoms with Gasteiger partial charge in [0.2, 0.25) is 0 Å². The van der Waals surface area contributed by atoms with Crippen LogP contribution in [0, 0.1) is 10.1 Å². The van der Waals surface area contributed by atoms with Crippen molar-refractivity contribution in [2.45, 2.75) is 25.9 Å². The Hall–Kier alpha value is -3.30. The van der Waals surface area contributed by atoms with Gasteiger partial charge < -0.3 is 4.90 Å². The summed E-state index contributed by atoms with van der Waals surface area (Å²) >= 11 is 6.04. The fraction of sp³-hybridized carbons (Fsp3) is 0.348. The van der Waals surface area contributed by atoms with E-state index in [1.165, 1.54) is 24.3 Å². The minimum atomic E-state index is -0.486. The molecule has 2 atom stereocenters. The Bertz CT molecular complexity index is 1290. The number of aromatic nitrogens is 2. The van der Waals surface area contributed by atoms with Gasteiger partial charge in [-0.15, -0.1) is 0 Å². The topological polar surface area (TPSA) is 102 Å². The number of benzene rings is 2. The molecule has 1 aliphatic rings. The van der Waals surface area contributed by atoms with Gasteiger partial charge in [-0.2, -0.15) is 0 Å². The number of halogens is 1. The summed E-state index contributed by atoms with van der Waals surface area (Å²) in [7, 11) is 1.71. The van der Waals surface area contributed by atoms with Crippen molar-refractivity contribution in [3.05, 3.63) is 79.3 Å². The highest BCUT2D eigenvalue weighted by Gasteiger charge is 2.32. The molecule has 3 aromatic rings. The number of hydrogen-bond acceptors (Lipinski definition) is 6. The zero-order chi connectivity index (χ0) is 23.9. The van der Waals surface area contributed by atoms with Gasteiger partial charge in [-0.25, -0.2) is 4.98 Å². The summed E-state index contributed by atoms with van der Waals surface area (Å²) in [6, 6.07) is 10.5. The highest BCUT2D eigenvalue weighted by atomic mass is 35.5. The summed E-state index contributed by atoms with van der Waals surface area (Å²) in [5.74, 6) is 0.495. The van der Waals surface area contributed by atoms with E-state index in [0.717, 1.165) is 0 Å². The van der Waals surface area contributed by atoms with E-state index in [4.69, 9.17) is 16.6 Å². The van der Waals surface area contributed by atoms with Crippen molar-refractivity contribution in [3.63, 3.8) is 0 Å². The van der Waals surface area contributed by atoms with Gasteiger partial charge >= 0.3 is 0 Å². The van der Waals surface area contributed by atoms with E-state index < -0.39 is 4.92 Å². The number of nitro benzene ring substituents is 1. The maximum atomic E-state index is 13.0. The quantitative estimate of drug-likeness (QED) is 0.428. The minimum Gasteiger partial charge on any atom is -0.333 e. The lowest BCUT2D eigenvalue weighted by molar-refractivity contribution is -0.384. The molecule has 33 heavy (non-hydrogen) atoms.